The standard InChI is InChI=1S/C11H13ClN2OS/c1-2-14-4-3-13-11(14)6-9(15)10-5-8(12)7-16-10/h3-5,7,9,15H,2,6H2,1H3. The molecule has 3 nitrogen and oxygen atoms in total. The topological polar surface area (TPSA) is 38.0 Å². The summed E-state index contributed by atoms with van der Waals surface area (Å²) in [6, 6.07) is 1.80. The number of aliphatic hydroxyl groups excluding tert-OH is 1. The van der Waals surface area contributed by atoms with E-state index in [1.54, 1.807) is 12.3 Å². The Balaban J connectivity index is 2.10. The van der Waals surface area contributed by atoms with E-state index in [1.165, 1.54) is 11.3 Å². The fourth-order valence-electron chi connectivity index (χ4n) is 1.59. The number of aryl methyl sites for hydroxylation is 1. The number of halogens is 1. The monoisotopic (exact) mass is 256 g/mol. The maximum absolute atomic E-state index is 10.0. The van der Waals surface area contributed by atoms with E-state index in [0.29, 0.717) is 11.4 Å². The van der Waals surface area contributed by atoms with E-state index in [1.807, 2.05) is 16.1 Å². The molecule has 5 heteroatoms. The van der Waals surface area contributed by atoms with Crippen LogP contribution in [-0.2, 0) is 13.0 Å². The van der Waals surface area contributed by atoms with Gasteiger partial charge in [-0.3, -0.25) is 0 Å². The van der Waals surface area contributed by atoms with E-state index in [2.05, 4.69) is 11.9 Å². The Morgan fingerprint density at radius 3 is 3.06 bits per heavy atom. The zero-order chi connectivity index (χ0) is 11.5. The van der Waals surface area contributed by atoms with Crippen LogP contribution in [0.1, 0.15) is 23.7 Å². The lowest BCUT2D eigenvalue weighted by atomic mass is 10.2. The van der Waals surface area contributed by atoms with Crippen LogP contribution in [0.4, 0.5) is 0 Å². The Kier molecular flexibility index (Phi) is 3.63. The summed E-state index contributed by atoms with van der Waals surface area (Å²) >= 11 is 7.30. The van der Waals surface area contributed by atoms with Crippen molar-refractivity contribution in [3.63, 3.8) is 0 Å². The van der Waals surface area contributed by atoms with Gasteiger partial charge in [0.1, 0.15) is 5.82 Å². The highest BCUT2D eigenvalue weighted by atomic mass is 35.5. The average molecular weight is 257 g/mol. The molecule has 1 unspecified atom stereocenters. The van der Waals surface area contributed by atoms with Crippen LogP contribution in [0.2, 0.25) is 5.02 Å². The van der Waals surface area contributed by atoms with E-state index in [-0.39, 0.29) is 0 Å². The van der Waals surface area contributed by atoms with Crippen molar-refractivity contribution in [2.24, 2.45) is 0 Å². The number of aliphatic hydroxyl groups is 1. The Morgan fingerprint density at radius 1 is 1.62 bits per heavy atom. The van der Waals surface area contributed by atoms with Crippen molar-refractivity contribution in [2.75, 3.05) is 0 Å². The van der Waals surface area contributed by atoms with Crippen molar-refractivity contribution in [3.05, 3.63) is 39.6 Å². The van der Waals surface area contributed by atoms with Crippen molar-refractivity contribution in [1.82, 2.24) is 9.55 Å². The summed E-state index contributed by atoms with van der Waals surface area (Å²) in [5.74, 6) is 0.902. The third kappa shape index (κ3) is 2.45. The van der Waals surface area contributed by atoms with Crippen molar-refractivity contribution in [3.8, 4) is 0 Å². The third-order valence-corrected chi connectivity index (χ3v) is 3.82. The molecule has 0 radical (unpaired) electrons. The van der Waals surface area contributed by atoms with Crippen molar-refractivity contribution in [1.29, 1.82) is 0 Å². The summed E-state index contributed by atoms with van der Waals surface area (Å²) in [4.78, 5) is 5.12. The number of rotatable bonds is 4. The quantitative estimate of drug-likeness (QED) is 0.914. The largest absolute Gasteiger partial charge is 0.387 e. The van der Waals surface area contributed by atoms with Crippen LogP contribution >= 0.6 is 22.9 Å². The number of imidazole rings is 1. The first-order chi connectivity index (χ1) is 7.70. The molecule has 2 aromatic heterocycles. The molecule has 2 aromatic rings. The number of nitrogens with zero attached hydrogens (tertiary/aromatic N) is 2. The second-order valence-electron chi connectivity index (χ2n) is 3.52. The SMILES string of the molecule is CCn1ccnc1CC(O)c1cc(Cl)cs1. The minimum atomic E-state index is -0.523. The zero-order valence-electron chi connectivity index (χ0n) is 8.93. The lowest BCUT2D eigenvalue weighted by Gasteiger charge is -2.09. The van der Waals surface area contributed by atoms with Gasteiger partial charge in [0, 0.05) is 35.6 Å². The van der Waals surface area contributed by atoms with Crippen LogP contribution in [0, 0.1) is 0 Å². The maximum atomic E-state index is 10.0. The van der Waals surface area contributed by atoms with Crippen LogP contribution in [0.3, 0.4) is 0 Å². The first-order valence-corrected chi connectivity index (χ1v) is 6.38. The Bertz CT molecular complexity index is 466. The van der Waals surface area contributed by atoms with Crippen molar-refractivity contribution < 1.29 is 5.11 Å². The lowest BCUT2D eigenvalue weighted by Crippen LogP contribution is -2.07. The van der Waals surface area contributed by atoms with E-state index in [4.69, 9.17) is 11.6 Å². The highest BCUT2D eigenvalue weighted by Gasteiger charge is 2.13. The molecule has 0 bridgehead atoms. The molecule has 1 N–H and O–H groups in total. The number of aromatic nitrogens is 2. The van der Waals surface area contributed by atoms with Gasteiger partial charge in [-0.2, -0.15) is 0 Å². The summed E-state index contributed by atoms with van der Waals surface area (Å²) < 4.78 is 2.03. The fourth-order valence-corrected chi connectivity index (χ4v) is 2.66. The maximum Gasteiger partial charge on any atom is 0.111 e. The molecule has 0 aromatic carbocycles. The highest BCUT2D eigenvalue weighted by molar-refractivity contribution is 7.10. The van der Waals surface area contributed by atoms with Gasteiger partial charge in [0.25, 0.3) is 0 Å². The van der Waals surface area contributed by atoms with E-state index >= 15 is 0 Å². The first-order valence-electron chi connectivity index (χ1n) is 5.12. The van der Waals surface area contributed by atoms with Crippen LogP contribution in [0.15, 0.2) is 23.8 Å². The second kappa shape index (κ2) is 4.99. The molecule has 0 saturated carbocycles. The van der Waals surface area contributed by atoms with Crippen molar-refractivity contribution >= 4 is 22.9 Å². The molecule has 2 heterocycles. The minimum Gasteiger partial charge on any atom is -0.387 e. The van der Waals surface area contributed by atoms with Gasteiger partial charge in [-0.05, 0) is 13.0 Å². The Hall–Kier alpha value is -0.840. The molecule has 0 aliphatic heterocycles. The van der Waals surface area contributed by atoms with Crippen LogP contribution in [0.25, 0.3) is 0 Å². The van der Waals surface area contributed by atoms with E-state index in [0.717, 1.165) is 17.2 Å². The molecule has 0 fully saturated rings. The van der Waals surface area contributed by atoms with Gasteiger partial charge >= 0.3 is 0 Å². The van der Waals surface area contributed by atoms with Crippen molar-refractivity contribution in [2.45, 2.75) is 26.0 Å². The van der Waals surface area contributed by atoms with Gasteiger partial charge in [0.2, 0.25) is 0 Å². The smallest absolute Gasteiger partial charge is 0.111 e. The third-order valence-electron chi connectivity index (χ3n) is 2.43. The Labute approximate surface area is 103 Å². The summed E-state index contributed by atoms with van der Waals surface area (Å²) in [6.45, 7) is 2.92. The average Bonchev–Trinajstić information content (AvgIpc) is 2.86. The van der Waals surface area contributed by atoms with Crippen LogP contribution in [-0.4, -0.2) is 14.7 Å². The van der Waals surface area contributed by atoms with Gasteiger partial charge < -0.3 is 9.67 Å². The summed E-state index contributed by atoms with van der Waals surface area (Å²) in [7, 11) is 0. The number of thiophene rings is 1. The lowest BCUT2D eigenvalue weighted by molar-refractivity contribution is 0.178. The number of hydrogen-bond acceptors (Lipinski definition) is 3. The summed E-state index contributed by atoms with van der Waals surface area (Å²) in [6.07, 6.45) is 3.68. The van der Waals surface area contributed by atoms with Gasteiger partial charge in [0.05, 0.1) is 11.1 Å². The van der Waals surface area contributed by atoms with E-state index in [9.17, 15) is 5.11 Å². The molecule has 0 aliphatic carbocycles. The van der Waals surface area contributed by atoms with Gasteiger partial charge in [-0.15, -0.1) is 11.3 Å². The van der Waals surface area contributed by atoms with Crippen LogP contribution in [0.5, 0.6) is 0 Å². The highest BCUT2D eigenvalue weighted by Crippen LogP contribution is 2.27. The molecular formula is C11H13ClN2OS. The zero-order valence-corrected chi connectivity index (χ0v) is 10.5. The fraction of sp³-hybridized carbons (Fsp3) is 0.364. The predicted molar refractivity (Wildman–Crippen MR) is 65.9 cm³/mol. The molecular weight excluding hydrogens is 244 g/mol. The van der Waals surface area contributed by atoms with Crippen LogP contribution < -0.4 is 0 Å². The summed E-state index contributed by atoms with van der Waals surface area (Å²) in [5.41, 5.74) is 0. The first kappa shape index (κ1) is 11.6. The molecule has 1 atom stereocenters. The molecule has 16 heavy (non-hydrogen) atoms. The molecule has 0 aliphatic rings. The van der Waals surface area contributed by atoms with Gasteiger partial charge in [-0.1, -0.05) is 11.6 Å². The predicted octanol–water partition coefficient (Wildman–Crippen LogP) is 2.89. The molecule has 0 amide bonds. The Morgan fingerprint density at radius 2 is 2.44 bits per heavy atom. The normalized spacial score (nSPS) is 12.9. The second-order valence-corrected chi connectivity index (χ2v) is 4.90. The van der Waals surface area contributed by atoms with Gasteiger partial charge in [0.15, 0.2) is 0 Å². The van der Waals surface area contributed by atoms with E-state index < -0.39 is 6.10 Å². The molecule has 0 spiro atoms. The van der Waals surface area contributed by atoms with Gasteiger partial charge in [-0.25, -0.2) is 4.98 Å². The number of hydrogen-bond donors (Lipinski definition) is 1. The molecule has 0 saturated heterocycles. The molecule has 2 rings (SSSR count). The molecule has 86 valence electrons. The minimum absolute atomic E-state index is 0.523. The summed E-state index contributed by atoms with van der Waals surface area (Å²) in [5, 5.41) is 12.5.